The molecule has 154 valence electrons. The van der Waals surface area contributed by atoms with Crippen LogP contribution in [-0.2, 0) is 30.5 Å². The summed E-state index contributed by atoms with van der Waals surface area (Å²) in [6, 6.07) is 4.87. The van der Waals surface area contributed by atoms with Crippen molar-refractivity contribution in [2.45, 2.75) is 45.8 Å². The summed E-state index contributed by atoms with van der Waals surface area (Å²) < 4.78 is 10.2. The lowest BCUT2D eigenvalue weighted by Crippen LogP contribution is -2.24. The molecule has 0 aliphatic heterocycles. The topological polar surface area (TPSA) is 100 Å². The summed E-state index contributed by atoms with van der Waals surface area (Å²) >= 11 is 12.0. The summed E-state index contributed by atoms with van der Waals surface area (Å²) in [4.78, 5) is 28.3. The summed E-state index contributed by atoms with van der Waals surface area (Å²) in [5.41, 5.74) is 5.56. The van der Waals surface area contributed by atoms with Gasteiger partial charge in [-0.3, -0.25) is 9.59 Å². The molecule has 0 saturated carbocycles. The van der Waals surface area contributed by atoms with Gasteiger partial charge in [-0.05, 0) is 50.2 Å². The molecule has 0 spiro atoms. The van der Waals surface area contributed by atoms with Gasteiger partial charge in [-0.25, -0.2) is 0 Å². The first-order chi connectivity index (χ1) is 13.1. The van der Waals surface area contributed by atoms with Gasteiger partial charge in [0.15, 0.2) is 5.78 Å². The van der Waals surface area contributed by atoms with Crippen LogP contribution in [0.15, 0.2) is 35.5 Å². The van der Waals surface area contributed by atoms with Gasteiger partial charge in [0.25, 0.3) is 0 Å². The summed E-state index contributed by atoms with van der Waals surface area (Å²) in [5, 5.41) is 4.49. The van der Waals surface area contributed by atoms with Gasteiger partial charge in [0.05, 0.1) is 6.42 Å². The highest BCUT2D eigenvalue weighted by Crippen LogP contribution is 2.24. The first kappa shape index (κ1) is 23.8. The van der Waals surface area contributed by atoms with Crippen LogP contribution in [0.5, 0.6) is 0 Å². The molecule has 0 fully saturated rings. The minimum absolute atomic E-state index is 0.0172. The van der Waals surface area contributed by atoms with Gasteiger partial charge in [0.2, 0.25) is 0 Å². The van der Waals surface area contributed by atoms with Crippen LogP contribution in [0.2, 0.25) is 10.0 Å². The molecule has 7 nitrogen and oxygen atoms in total. The number of hydrogen-bond acceptors (Lipinski definition) is 6. The van der Waals surface area contributed by atoms with Crippen LogP contribution in [0.25, 0.3) is 0 Å². The second kappa shape index (κ2) is 11.6. The van der Waals surface area contributed by atoms with Gasteiger partial charge in [-0.1, -0.05) is 29.3 Å². The second-order valence-electron chi connectivity index (χ2n) is 6.67. The van der Waals surface area contributed by atoms with Crippen LogP contribution < -0.4 is 5.73 Å². The van der Waals surface area contributed by atoms with Gasteiger partial charge in [-0.15, -0.1) is 0 Å². The van der Waals surface area contributed by atoms with E-state index in [2.05, 4.69) is 5.16 Å². The zero-order chi connectivity index (χ0) is 21.2. The molecule has 0 heterocycles. The fourth-order valence-electron chi connectivity index (χ4n) is 1.87. The maximum Gasteiger partial charge on any atom is 0.321 e. The summed E-state index contributed by atoms with van der Waals surface area (Å²) in [5.74, 6) is -0.646. The normalized spacial score (nSPS) is 12.1. The number of ether oxygens (including phenoxy) is 2. The van der Waals surface area contributed by atoms with Crippen LogP contribution in [0.1, 0.15) is 39.2 Å². The van der Waals surface area contributed by atoms with E-state index in [9.17, 15) is 9.59 Å². The monoisotopic (exact) mass is 430 g/mol. The Morgan fingerprint density at radius 1 is 1.18 bits per heavy atom. The van der Waals surface area contributed by atoms with Crippen molar-refractivity contribution in [3.8, 4) is 0 Å². The molecule has 0 amide bonds. The largest absolute Gasteiger partial charge is 0.460 e. The molecule has 0 aliphatic rings. The minimum atomic E-state index is -0.570. The number of nitrogens with two attached hydrogens (primary N) is 1. The molecular weight excluding hydrogens is 407 g/mol. The third-order valence-electron chi connectivity index (χ3n) is 3.05. The zero-order valence-electron chi connectivity index (χ0n) is 16.0. The lowest BCUT2D eigenvalue weighted by molar-refractivity contribution is -0.155. The predicted molar refractivity (Wildman–Crippen MR) is 108 cm³/mol. The Balaban J connectivity index is 2.29. The number of halogens is 2. The average molecular weight is 431 g/mol. The number of amidine groups is 1. The Labute approximate surface area is 174 Å². The SMILES string of the molecule is CC(C)(C)OC(=O)CCC(=O)C=CCOC(N)=NOCc1c(Cl)cccc1Cl. The summed E-state index contributed by atoms with van der Waals surface area (Å²) in [7, 11) is 0. The first-order valence-electron chi connectivity index (χ1n) is 8.51. The molecule has 0 bridgehead atoms. The van der Waals surface area contributed by atoms with Gasteiger partial charge < -0.3 is 20.0 Å². The molecule has 0 saturated heterocycles. The average Bonchev–Trinajstić information content (AvgIpc) is 2.58. The van der Waals surface area contributed by atoms with E-state index in [1.54, 1.807) is 39.0 Å². The Hall–Kier alpha value is -2.25. The molecule has 28 heavy (non-hydrogen) atoms. The molecule has 0 atom stereocenters. The van der Waals surface area contributed by atoms with E-state index < -0.39 is 11.6 Å². The van der Waals surface area contributed by atoms with E-state index >= 15 is 0 Å². The van der Waals surface area contributed by atoms with Crippen molar-refractivity contribution in [3.63, 3.8) is 0 Å². The van der Waals surface area contributed by atoms with Crippen molar-refractivity contribution in [1.82, 2.24) is 0 Å². The van der Waals surface area contributed by atoms with Crippen molar-refractivity contribution in [3.05, 3.63) is 46.0 Å². The fourth-order valence-corrected chi connectivity index (χ4v) is 2.38. The van der Waals surface area contributed by atoms with Crippen LogP contribution in [-0.4, -0.2) is 30.0 Å². The molecule has 0 aliphatic carbocycles. The highest BCUT2D eigenvalue weighted by Gasteiger charge is 2.16. The molecule has 1 aromatic rings. The van der Waals surface area contributed by atoms with Crippen LogP contribution in [0.3, 0.4) is 0 Å². The van der Waals surface area contributed by atoms with E-state index in [1.807, 2.05) is 0 Å². The smallest absolute Gasteiger partial charge is 0.321 e. The first-order valence-corrected chi connectivity index (χ1v) is 9.26. The van der Waals surface area contributed by atoms with Crippen molar-refractivity contribution < 1.29 is 23.9 Å². The lowest BCUT2D eigenvalue weighted by atomic mass is 10.2. The highest BCUT2D eigenvalue weighted by atomic mass is 35.5. The number of esters is 1. The summed E-state index contributed by atoms with van der Waals surface area (Å²) in [6.45, 7) is 5.35. The van der Waals surface area contributed by atoms with E-state index in [4.69, 9.17) is 43.2 Å². The molecule has 2 N–H and O–H groups in total. The lowest BCUT2D eigenvalue weighted by Gasteiger charge is -2.19. The van der Waals surface area contributed by atoms with Crippen molar-refractivity contribution in [1.29, 1.82) is 0 Å². The highest BCUT2D eigenvalue weighted by molar-refractivity contribution is 6.35. The van der Waals surface area contributed by atoms with Gasteiger partial charge in [-0.2, -0.15) is 0 Å². The number of nitrogens with zero attached hydrogens (tertiary/aromatic N) is 1. The maximum absolute atomic E-state index is 11.7. The molecule has 0 radical (unpaired) electrons. The molecule has 0 aromatic heterocycles. The van der Waals surface area contributed by atoms with Crippen molar-refractivity contribution in [2.75, 3.05) is 6.61 Å². The predicted octanol–water partition coefficient (Wildman–Crippen LogP) is 4.00. The number of hydrogen-bond donors (Lipinski definition) is 1. The Morgan fingerprint density at radius 3 is 2.43 bits per heavy atom. The minimum Gasteiger partial charge on any atom is -0.460 e. The molecule has 9 heteroatoms. The van der Waals surface area contributed by atoms with Crippen LogP contribution >= 0.6 is 23.2 Å². The number of oxime groups is 1. The van der Waals surface area contributed by atoms with E-state index in [0.29, 0.717) is 15.6 Å². The third-order valence-corrected chi connectivity index (χ3v) is 3.76. The molecule has 1 aromatic carbocycles. The Kier molecular flexibility index (Phi) is 9.82. The number of ketones is 1. The number of carbonyl (C=O) groups excluding carboxylic acids is 2. The van der Waals surface area contributed by atoms with Crippen LogP contribution in [0, 0.1) is 0 Å². The third kappa shape index (κ3) is 10.2. The number of allylic oxidation sites excluding steroid dienone is 1. The Morgan fingerprint density at radius 2 is 1.82 bits per heavy atom. The molecule has 0 unspecified atom stereocenters. The number of benzene rings is 1. The zero-order valence-corrected chi connectivity index (χ0v) is 17.5. The van der Waals surface area contributed by atoms with E-state index in [1.165, 1.54) is 12.2 Å². The number of rotatable bonds is 9. The summed E-state index contributed by atoms with van der Waals surface area (Å²) in [6.07, 6.45) is 2.84. The van der Waals surface area contributed by atoms with E-state index in [-0.39, 0.29) is 37.9 Å². The number of carbonyl (C=O) groups is 2. The van der Waals surface area contributed by atoms with Gasteiger partial charge in [0, 0.05) is 22.0 Å². The standard InChI is InChI=1S/C19H24Cl2N2O5/c1-19(2,3)28-17(25)10-9-13(24)6-5-11-26-18(22)23-27-12-14-15(20)7-4-8-16(14)21/h4-8H,9-12H2,1-3H3,(H2,22,23). The van der Waals surface area contributed by atoms with Crippen LogP contribution in [0.4, 0.5) is 0 Å². The van der Waals surface area contributed by atoms with Crippen molar-refractivity contribution >= 4 is 41.0 Å². The quantitative estimate of drug-likeness (QED) is 0.209. The Bertz CT molecular complexity index is 722. The second-order valence-corrected chi connectivity index (χ2v) is 7.48. The van der Waals surface area contributed by atoms with E-state index in [0.717, 1.165) is 0 Å². The fraction of sp³-hybridized carbons (Fsp3) is 0.421. The molecule has 1 rings (SSSR count). The van der Waals surface area contributed by atoms with Crippen molar-refractivity contribution in [2.24, 2.45) is 10.9 Å². The molecular formula is C19H24Cl2N2O5. The maximum atomic E-state index is 11.7. The van der Waals surface area contributed by atoms with Gasteiger partial charge in [0.1, 0.15) is 18.8 Å². The van der Waals surface area contributed by atoms with Gasteiger partial charge >= 0.3 is 12.0 Å².